The topological polar surface area (TPSA) is 129 Å². The summed E-state index contributed by atoms with van der Waals surface area (Å²) in [6.45, 7) is 0.360. The van der Waals surface area contributed by atoms with Crippen LogP contribution in [0.4, 0.5) is 0 Å². The zero-order valence-electron chi connectivity index (χ0n) is 15.6. The normalized spacial score (nSPS) is 14.3. The van der Waals surface area contributed by atoms with E-state index in [0.717, 1.165) is 11.3 Å². The SMILES string of the molecule is COC(=O)C(CS)NC(=O)c1sc(C(=O)NC(CS)C(=O)OC)c2c1OCCO2. The standard InChI is InChI=1S/C16H20N2O8S3/c1-23-15(21)7(5-27)17-13(19)11-9-10(26-4-3-25-9)12(29-11)14(20)18-8(6-28)16(22)24-2/h7-8,27-28H,3-6H2,1-2H3,(H,17,19)(H,18,20). The minimum absolute atomic E-state index is 0.0133. The third-order valence-electron chi connectivity index (χ3n) is 3.76. The number of thiophene rings is 1. The summed E-state index contributed by atoms with van der Waals surface area (Å²) in [5.41, 5.74) is 0. The summed E-state index contributed by atoms with van der Waals surface area (Å²) in [5.74, 6) is -2.43. The summed E-state index contributed by atoms with van der Waals surface area (Å²) in [5, 5.41) is 4.96. The Hall–Kier alpha value is -2.12. The van der Waals surface area contributed by atoms with Gasteiger partial charge in [0.05, 0.1) is 14.2 Å². The Kier molecular flexibility index (Phi) is 8.46. The fraction of sp³-hybridized carbons (Fsp3) is 0.500. The predicted molar refractivity (Wildman–Crippen MR) is 110 cm³/mol. The molecule has 1 aromatic rings. The van der Waals surface area contributed by atoms with Gasteiger partial charge in [-0.05, 0) is 0 Å². The van der Waals surface area contributed by atoms with Crippen molar-refractivity contribution in [3.63, 3.8) is 0 Å². The van der Waals surface area contributed by atoms with Gasteiger partial charge in [0.1, 0.15) is 35.1 Å². The quantitative estimate of drug-likeness (QED) is 0.311. The van der Waals surface area contributed by atoms with Crippen LogP contribution in [0.1, 0.15) is 19.3 Å². The molecule has 1 aliphatic rings. The molecule has 2 amide bonds. The number of fused-ring (bicyclic) bond motifs is 1. The molecule has 0 radical (unpaired) electrons. The summed E-state index contributed by atoms with van der Waals surface area (Å²) >= 11 is 8.86. The number of ether oxygens (including phenoxy) is 4. The van der Waals surface area contributed by atoms with Crippen molar-refractivity contribution in [2.45, 2.75) is 12.1 Å². The lowest BCUT2D eigenvalue weighted by atomic mass is 10.2. The summed E-state index contributed by atoms with van der Waals surface area (Å²) < 4.78 is 20.3. The largest absolute Gasteiger partial charge is 0.484 e. The molecule has 2 atom stereocenters. The average Bonchev–Trinajstić information content (AvgIpc) is 3.14. The molecule has 2 heterocycles. The Morgan fingerprint density at radius 2 is 1.28 bits per heavy atom. The van der Waals surface area contributed by atoms with Crippen LogP contribution in [0.3, 0.4) is 0 Å². The van der Waals surface area contributed by atoms with Gasteiger partial charge in [-0.2, -0.15) is 25.3 Å². The van der Waals surface area contributed by atoms with Crippen molar-refractivity contribution in [2.75, 3.05) is 38.9 Å². The van der Waals surface area contributed by atoms with E-state index in [9.17, 15) is 19.2 Å². The number of methoxy groups -OCH3 is 2. The van der Waals surface area contributed by atoms with E-state index >= 15 is 0 Å². The van der Waals surface area contributed by atoms with E-state index in [0.29, 0.717) is 0 Å². The number of rotatable bonds is 8. The molecule has 0 aliphatic carbocycles. The summed E-state index contributed by atoms with van der Waals surface area (Å²) in [7, 11) is 2.38. The lowest BCUT2D eigenvalue weighted by Crippen LogP contribution is -2.43. The van der Waals surface area contributed by atoms with E-state index < -0.39 is 35.8 Å². The molecule has 0 spiro atoms. The summed E-state index contributed by atoms with van der Waals surface area (Å²) in [6, 6.07) is -1.97. The Balaban J connectivity index is 2.31. The molecule has 2 unspecified atom stereocenters. The minimum atomic E-state index is -0.983. The third-order valence-corrected chi connectivity index (χ3v) is 5.64. The number of thiol groups is 2. The van der Waals surface area contributed by atoms with E-state index in [2.05, 4.69) is 45.4 Å². The maximum Gasteiger partial charge on any atom is 0.329 e. The molecule has 0 aromatic carbocycles. The van der Waals surface area contributed by atoms with Gasteiger partial charge in [-0.25, -0.2) is 9.59 Å². The first-order valence-electron chi connectivity index (χ1n) is 8.29. The zero-order valence-corrected chi connectivity index (χ0v) is 18.2. The molecule has 2 N–H and O–H groups in total. The lowest BCUT2D eigenvalue weighted by molar-refractivity contribution is -0.143. The molecule has 1 aromatic heterocycles. The van der Waals surface area contributed by atoms with Crippen LogP contribution < -0.4 is 20.1 Å². The van der Waals surface area contributed by atoms with Gasteiger partial charge in [0.15, 0.2) is 11.5 Å². The summed E-state index contributed by atoms with van der Waals surface area (Å²) in [4.78, 5) is 48.9. The maximum atomic E-state index is 12.7. The van der Waals surface area contributed by atoms with Crippen molar-refractivity contribution in [1.82, 2.24) is 10.6 Å². The lowest BCUT2D eigenvalue weighted by Gasteiger charge is -2.18. The van der Waals surface area contributed by atoms with E-state index in [4.69, 9.17) is 9.47 Å². The molecule has 0 saturated carbocycles. The summed E-state index contributed by atoms with van der Waals surface area (Å²) in [6.07, 6.45) is 0. The highest BCUT2D eigenvalue weighted by atomic mass is 32.1. The van der Waals surface area contributed by atoms with Gasteiger partial charge in [-0.3, -0.25) is 9.59 Å². The van der Waals surface area contributed by atoms with Crippen LogP contribution in [-0.4, -0.2) is 74.8 Å². The number of esters is 2. The second-order valence-electron chi connectivity index (χ2n) is 5.58. The van der Waals surface area contributed by atoms with E-state index in [1.165, 1.54) is 14.2 Å². The van der Waals surface area contributed by atoms with Crippen LogP contribution in [-0.2, 0) is 19.1 Å². The molecule has 0 saturated heterocycles. The molecule has 13 heteroatoms. The molecule has 10 nitrogen and oxygen atoms in total. The van der Waals surface area contributed by atoms with Crippen molar-refractivity contribution in [3.05, 3.63) is 9.75 Å². The Labute approximate surface area is 181 Å². The van der Waals surface area contributed by atoms with E-state index in [1.807, 2.05) is 0 Å². The third kappa shape index (κ3) is 5.28. The molecule has 1 aliphatic heterocycles. The van der Waals surface area contributed by atoms with E-state index in [1.54, 1.807) is 0 Å². The van der Waals surface area contributed by atoms with Gasteiger partial charge >= 0.3 is 11.9 Å². The van der Waals surface area contributed by atoms with Crippen LogP contribution >= 0.6 is 36.6 Å². The van der Waals surface area contributed by atoms with Crippen molar-refractivity contribution < 1.29 is 38.1 Å². The Morgan fingerprint density at radius 3 is 1.59 bits per heavy atom. The monoisotopic (exact) mass is 464 g/mol. The number of carbonyl (C=O) groups is 4. The van der Waals surface area contributed by atoms with Crippen LogP contribution in [0.25, 0.3) is 0 Å². The number of nitrogens with one attached hydrogen (secondary N) is 2. The zero-order chi connectivity index (χ0) is 21.6. The second-order valence-corrected chi connectivity index (χ2v) is 7.33. The Bertz CT molecular complexity index is 735. The van der Waals surface area contributed by atoms with Gasteiger partial charge in [-0.1, -0.05) is 0 Å². The molecule has 29 heavy (non-hydrogen) atoms. The highest BCUT2D eigenvalue weighted by Gasteiger charge is 2.34. The van der Waals surface area contributed by atoms with Crippen molar-refractivity contribution >= 4 is 60.3 Å². The number of amides is 2. The van der Waals surface area contributed by atoms with Crippen molar-refractivity contribution in [2.24, 2.45) is 0 Å². The Morgan fingerprint density at radius 1 is 0.897 bits per heavy atom. The molecule has 0 fully saturated rings. The molecule has 0 bridgehead atoms. The second kappa shape index (κ2) is 10.6. The predicted octanol–water partition coefficient (Wildman–Crippen LogP) is -0.0783. The van der Waals surface area contributed by atoms with Gasteiger partial charge in [0, 0.05) is 11.5 Å². The van der Waals surface area contributed by atoms with Crippen molar-refractivity contribution in [1.29, 1.82) is 0 Å². The van der Waals surface area contributed by atoms with Crippen LogP contribution in [0, 0.1) is 0 Å². The molecule has 2 rings (SSSR count). The van der Waals surface area contributed by atoms with Gasteiger partial charge < -0.3 is 29.6 Å². The highest BCUT2D eigenvalue weighted by molar-refractivity contribution is 7.80. The molecule has 160 valence electrons. The van der Waals surface area contributed by atoms with Gasteiger partial charge in [0.25, 0.3) is 11.8 Å². The van der Waals surface area contributed by atoms with E-state index in [-0.39, 0.29) is 46.0 Å². The van der Waals surface area contributed by atoms with Gasteiger partial charge in [0.2, 0.25) is 0 Å². The molecular formula is C16H20N2O8S3. The van der Waals surface area contributed by atoms with Crippen LogP contribution in [0.2, 0.25) is 0 Å². The van der Waals surface area contributed by atoms with Gasteiger partial charge in [-0.15, -0.1) is 11.3 Å². The smallest absolute Gasteiger partial charge is 0.329 e. The van der Waals surface area contributed by atoms with Crippen molar-refractivity contribution in [3.8, 4) is 11.5 Å². The minimum Gasteiger partial charge on any atom is -0.484 e. The average molecular weight is 465 g/mol. The number of carbonyl (C=O) groups excluding carboxylic acids is 4. The first kappa shape index (κ1) is 23.2. The fourth-order valence-electron chi connectivity index (χ4n) is 2.34. The van der Waals surface area contributed by atoms with Crippen LogP contribution in [0.15, 0.2) is 0 Å². The maximum absolute atomic E-state index is 12.7. The molecular weight excluding hydrogens is 444 g/mol. The first-order chi connectivity index (χ1) is 13.9. The highest BCUT2D eigenvalue weighted by Crippen LogP contribution is 2.44. The van der Waals surface area contributed by atoms with Crippen LogP contribution in [0.5, 0.6) is 11.5 Å². The fourth-order valence-corrected chi connectivity index (χ4v) is 3.82. The first-order valence-corrected chi connectivity index (χ1v) is 10.4. The number of hydrogen-bond acceptors (Lipinski definition) is 11. The number of hydrogen-bond donors (Lipinski definition) is 4.